The summed E-state index contributed by atoms with van der Waals surface area (Å²) in [5.74, 6) is 0.917. The van der Waals surface area contributed by atoms with Crippen LogP contribution in [-0.2, 0) is 4.79 Å². The number of rotatable bonds is 7. The summed E-state index contributed by atoms with van der Waals surface area (Å²) in [6.45, 7) is 4.03. The molecule has 31 heavy (non-hydrogen) atoms. The van der Waals surface area contributed by atoms with E-state index in [9.17, 15) is 4.79 Å². The molecule has 2 heterocycles. The summed E-state index contributed by atoms with van der Waals surface area (Å²) in [4.78, 5) is 16.7. The summed E-state index contributed by atoms with van der Waals surface area (Å²) < 4.78 is 2.00. The molecule has 0 bridgehead atoms. The highest BCUT2D eigenvalue weighted by atomic mass is 32.2. The number of aromatic nitrogens is 4. The van der Waals surface area contributed by atoms with Gasteiger partial charge in [-0.15, -0.1) is 10.2 Å². The van der Waals surface area contributed by atoms with Gasteiger partial charge in [-0.25, -0.2) is 0 Å². The number of benzene rings is 2. The lowest BCUT2D eigenvalue weighted by Crippen LogP contribution is -2.28. The molecule has 0 saturated carbocycles. The van der Waals surface area contributed by atoms with Crippen molar-refractivity contribution in [1.29, 1.82) is 0 Å². The monoisotopic (exact) mass is 429 g/mol. The maximum atomic E-state index is 12.6. The predicted octanol–water partition coefficient (Wildman–Crippen LogP) is 4.61. The zero-order valence-electron chi connectivity index (χ0n) is 17.4. The zero-order chi connectivity index (χ0) is 21.6. The van der Waals surface area contributed by atoms with Gasteiger partial charge in [0.05, 0.1) is 17.5 Å². The van der Waals surface area contributed by atoms with Crippen LogP contribution in [0, 0.1) is 6.92 Å². The number of nitrogens with zero attached hydrogens (tertiary/aromatic N) is 4. The first kappa shape index (κ1) is 20.8. The van der Waals surface area contributed by atoms with Crippen LogP contribution in [0.1, 0.15) is 24.1 Å². The van der Waals surface area contributed by atoms with E-state index in [1.165, 1.54) is 11.8 Å². The van der Waals surface area contributed by atoms with E-state index in [1.54, 1.807) is 12.4 Å². The minimum absolute atomic E-state index is 0.0499. The van der Waals surface area contributed by atoms with Gasteiger partial charge in [0.2, 0.25) is 5.91 Å². The van der Waals surface area contributed by atoms with Crippen molar-refractivity contribution < 1.29 is 4.79 Å². The molecule has 4 rings (SSSR count). The molecule has 0 spiro atoms. The van der Waals surface area contributed by atoms with Crippen LogP contribution in [0.4, 0.5) is 0 Å². The van der Waals surface area contributed by atoms with Crippen LogP contribution in [0.3, 0.4) is 0 Å². The Kier molecular flexibility index (Phi) is 6.43. The molecule has 0 aliphatic heterocycles. The van der Waals surface area contributed by atoms with E-state index < -0.39 is 0 Å². The Balaban J connectivity index is 1.57. The number of pyridine rings is 1. The van der Waals surface area contributed by atoms with Gasteiger partial charge in [0.15, 0.2) is 11.0 Å². The summed E-state index contributed by atoms with van der Waals surface area (Å²) in [5, 5.41) is 12.5. The summed E-state index contributed by atoms with van der Waals surface area (Å²) >= 11 is 1.37. The Morgan fingerprint density at radius 3 is 2.45 bits per heavy atom. The van der Waals surface area contributed by atoms with Gasteiger partial charge in [-0.2, -0.15) is 0 Å². The molecular weight excluding hydrogens is 406 g/mol. The van der Waals surface area contributed by atoms with Crippen LogP contribution in [0.25, 0.3) is 17.1 Å². The van der Waals surface area contributed by atoms with E-state index >= 15 is 0 Å². The third-order valence-electron chi connectivity index (χ3n) is 4.94. The van der Waals surface area contributed by atoms with E-state index in [0.29, 0.717) is 5.16 Å². The lowest BCUT2D eigenvalue weighted by molar-refractivity contribution is -0.119. The SMILES string of the molecule is Cc1ccccc1-n1c(SCC(=O)NC(C)c2ccccc2)nnc1-c1ccncc1. The number of aryl methyl sites for hydroxylation is 1. The van der Waals surface area contributed by atoms with Gasteiger partial charge in [-0.05, 0) is 43.2 Å². The van der Waals surface area contributed by atoms with Crippen molar-refractivity contribution in [2.24, 2.45) is 0 Å². The minimum Gasteiger partial charge on any atom is -0.349 e. The van der Waals surface area contributed by atoms with E-state index in [4.69, 9.17) is 0 Å². The second-order valence-corrected chi connectivity index (χ2v) is 8.10. The fourth-order valence-electron chi connectivity index (χ4n) is 3.32. The highest BCUT2D eigenvalue weighted by Gasteiger charge is 2.19. The van der Waals surface area contributed by atoms with Crippen LogP contribution in [0.5, 0.6) is 0 Å². The lowest BCUT2D eigenvalue weighted by Gasteiger charge is -2.15. The van der Waals surface area contributed by atoms with Crippen molar-refractivity contribution in [1.82, 2.24) is 25.1 Å². The molecule has 1 atom stereocenters. The van der Waals surface area contributed by atoms with Gasteiger partial charge in [-0.1, -0.05) is 60.3 Å². The van der Waals surface area contributed by atoms with E-state index in [-0.39, 0.29) is 17.7 Å². The highest BCUT2D eigenvalue weighted by molar-refractivity contribution is 7.99. The van der Waals surface area contributed by atoms with Crippen molar-refractivity contribution in [2.45, 2.75) is 25.0 Å². The summed E-state index contributed by atoms with van der Waals surface area (Å²) in [7, 11) is 0. The topological polar surface area (TPSA) is 72.7 Å². The van der Waals surface area contributed by atoms with Crippen LogP contribution < -0.4 is 5.32 Å². The molecule has 2 aromatic heterocycles. The standard InChI is InChI=1S/C24H23N5OS/c1-17-8-6-7-11-21(17)29-23(20-12-14-25-15-13-20)27-28-24(29)31-16-22(30)26-18(2)19-9-4-3-5-10-19/h3-15,18H,16H2,1-2H3,(H,26,30). The maximum absolute atomic E-state index is 12.6. The third-order valence-corrected chi connectivity index (χ3v) is 5.87. The molecule has 0 aliphatic rings. The Bertz CT molecular complexity index is 1160. The molecule has 1 amide bonds. The number of para-hydroxylation sites is 1. The maximum Gasteiger partial charge on any atom is 0.230 e. The normalized spacial score (nSPS) is 11.8. The third kappa shape index (κ3) is 4.83. The number of hydrogen-bond acceptors (Lipinski definition) is 5. The molecule has 6 nitrogen and oxygen atoms in total. The Morgan fingerprint density at radius 1 is 1.00 bits per heavy atom. The number of carbonyl (C=O) groups excluding carboxylic acids is 1. The van der Waals surface area contributed by atoms with Gasteiger partial charge in [0, 0.05) is 18.0 Å². The van der Waals surface area contributed by atoms with E-state index in [0.717, 1.165) is 28.2 Å². The zero-order valence-corrected chi connectivity index (χ0v) is 18.2. The van der Waals surface area contributed by atoms with Crippen LogP contribution >= 0.6 is 11.8 Å². The molecule has 0 aliphatic carbocycles. The second kappa shape index (κ2) is 9.57. The van der Waals surface area contributed by atoms with Gasteiger partial charge in [0.25, 0.3) is 0 Å². The second-order valence-electron chi connectivity index (χ2n) is 7.15. The molecule has 0 saturated heterocycles. The quantitative estimate of drug-likeness (QED) is 0.435. The molecule has 7 heteroatoms. The Hall–Kier alpha value is -3.45. The van der Waals surface area contributed by atoms with Gasteiger partial charge >= 0.3 is 0 Å². The average Bonchev–Trinajstić information content (AvgIpc) is 3.23. The smallest absolute Gasteiger partial charge is 0.230 e. The van der Waals surface area contributed by atoms with Crippen molar-refractivity contribution in [3.8, 4) is 17.1 Å². The minimum atomic E-state index is -0.0593. The predicted molar refractivity (Wildman–Crippen MR) is 123 cm³/mol. The highest BCUT2D eigenvalue weighted by Crippen LogP contribution is 2.29. The first-order valence-electron chi connectivity index (χ1n) is 10.0. The summed E-state index contributed by atoms with van der Waals surface area (Å²) in [6.07, 6.45) is 3.47. The first-order valence-corrected chi connectivity index (χ1v) is 11.0. The fraction of sp³-hybridized carbons (Fsp3) is 0.167. The molecule has 156 valence electrons. The molecule has 1 N–H and O–H groups in total. The fourth-order valence-corrected chi connectivity index (χ4v) is 4.08. The Labute approximate surface area is 185 Å². The van der Waals surface area contributed by atoms with Crippen LogP contribution in [0.15, 0.2) is 84.3 Å². The number of nitrogens with one attached hydrogen (secondary N) is 1. The average molecular weight is 430 g/mol. The molecular formula is C24H23N5OS. The largest absolute Gasteiger partial charge is 0.349 e. The molecule has 1 unspecified atom stereocenters. The molecule has 0 fully saturated rings. The molecule has 2 aromatic carbocycles. The molecule has 0 radical (unpaired) electrons. The summed E-state index contributed by atoms with van der Waals surface area (Å²) in [5.41, 5.74) is 4.07. The summed E-state index contributed by atoms with van der Waals surface area (Å²) in [6, 6.07) is 21.7. The van der Waals surface area contributed by atoms with Crippen LogP contribution in [0.2, 0.25) is 0 Å². The van der Waals surface area contributed by atoms with Crippen LogP contribution in [-0.4, -0.2) is 31.4 Å². The first-order chi connectivity index (χ1) is 15.1. The van der Waals surface area contributed by atoms with Crippen molar-refractivity contribution >= 4 is 17.7 Å². The van der Waals surface area contributed by atoms with Gasteiger partial charge < -0.3 is 5.32 Å². The molecule has 4 aromatic rings. The van der Waals surface area contributed by atoms with Gasteiger partial charge in [0.1, 0.15) is 0 Å². The van der Waals surface area contributed by atoms with E-state index in [1.807, 2.05) is 85.1 Å². The van der Waals surface area contributed by atoms with Gasteiger partial charge in [-0.3, -0.25) is 14.3 Å². The number of amides is 1. The van der Waals surface area contributed by atoms with E-state index in [2.05, 4.69) is 20.5 Å². The number of carbonyl (C=O) groups is 1. The number of hydrogen-bond donors (Lipinski definition) is 1. The number of thioether (sulfide) groups is 1. The lowest BCUT2D eigenvalue weighted by atomic mass is 10.1. The van der Waals surface area contributed by atoms with Crippen molar-refractivity contribution in [3.63, 3.8) is 0 Å². The van der Waals surface area contributed by atoms with Crippen molar-refractivity contribution in [3.05, 3.63) is 90.3 Å². The van der Waals surface area contributed by atoms with Crippen molar-refractivity contribution in [2.75, 3.05) is 5.75 Å². The Morgan fingerprint density at radius 2 is 1.71 bits per heavy atom.